The van der Waals surface area contributed by atoms with Crippen molar-refractivity contribution in [3.05, 3.63) is 22.1 Å². The molecule has 1 heterocycles. The van der Waals surface area contributed by atoms with Crippen LogP contribution in [-0.4, -0.2) is 22.4 Å². The molecule has 96 valence electrons. The van der Waals surface area contributed by atoms with Crippen molar-refractivity contribution in [3.63, 3.8) is 0 Å². The van der Waals surface area contributed by atoms with Gasteiger partial charge in [-0.25, -0.2) is 0 Å². The van der Waals surface area contributed by atoms with Gasteiger partial charge in [-0.2, -0.15) is 0 Å². The molecule has 1 aromatic rings. The zero-order chi connectivity index (χ0) is 12.8. The Kier molecular flexibility index (Phi) is 5.00. The minimum absolute atomic E-state index is 0.0986. The molecule has 0 saturated heterocycles. The molecule has 0 aliphatic rings. The standard InChI is InChI=1S/C12H20N2O3/c1-4-10-7-11(15)14(13-10)6-5-12(16)17-8-9(2)3/h7,9,13H,4-6,8H2,1-3H3. The molecule has 1 N–H and O–H groups in total. The fourth-order valence-corrected chi connectivity index (χ4v) is 1.37. The number of carbonyl (C=O) groups excluding carboxylic acids is 1. The lowest BCUT2D eigenvalue weighted by molar-refractivity contribution is -0.145. The van der Waals surface area contributed by atoms with Crippen LogP contribution in [0.25, 0.3) is 0 Å². The number of aryl methyl sites for hydroxylation is 2. The van der Waals surface area contributed by atoms with Crippen LogP contribution < -0.4 is 5.56 Å². The monoisotopic (exact) mass is 240 g/mol. The maximum atomic E-state index is 11.5. The third kappa shape index (κ3) is 4.46. The van der Waals surface area contributed by atoms with Crippen molar-refractivity contribution >= 4 is 5.97 Å². The van der Waals surface area contributed by atoms with E-state index in [1.165, 1.54) is 4.68 Å². The molecule has 0 bridgehead atoms. The number of nitrogens with zero attached hydrogens (tertiary/aromatic N) is 1. The number of aromatic amines is 1. The molecule has 0 aliphatic heterocycles. The highest BCUT2D eigenvalue weighted by atomic mass is 16.5. The SMILES string of the molecule is CCc1cc(=O)n(CCC(=O)OCC(C)C)[nH]1. The van der Waals surface area contributed by atoms with Gasteiger partial charge in [-0.15, -0.1) is 0 Å². The van der Waals surface area contributed by atoms with E-state index in [9.17, 15) is 9.59 Å². The second kappa shape index (κ2) is 6.27. The summed E-state index contributed by atoms with van der Waals surface area (Å²) in [5.74, 6) is 0.0668. The highest BCUT2D eigenvalue weighted by Crippen LogP contribution is 1.97. The first-order valence-electron chi connectivity index (χ1n) is 5.97. The van der Waals surface area contributed by atoms with Crippen LogP contribution in [0, 0.1) is 5.92 Å². The fraction of sp³-hybridized carbons (Fsp3) is 0.667. The average molecular weight is 240 g/mol. The zero-order valence-electron chi connectivity index (χ0n) is 10.7. The van der Waals surface area contributed by atoms with Crippen molar-refractivity contribution in [1.82, 2.24) is 9.78 Å². The molecule has 0 saturated carbocycles. The molecule has 0 fully saturated rings. The van der Waals surface area contributed by atoms with Crippen molar-refractivity contribution in [2.45, 2.75) is 40.2 Å². The van der Waals surface area contributed by atoms with Crippen LogP contribution in [-0.2, 0) is 22.5 Å². The highest BCUT2D eigenvalue weighted by Gasteiger charge is 2.07. The molecule has 1 rings (SSSR count). The Morgan fingerprint density at radius 1 is 1.53 bits per heavy atom. The first kappa shape index (κ1) is 13.5. The minimum Gasteiger partial charge on any atom is -0.465 e. The highest BCUT2D eigenvalue weighted by molar-refractivity contribution is 5.69. The molecular formula is C12H20N2O3. The van der Waals surface area contributed by atoms with Crippen LogP contribution in [0.1, 0.15) is 32.9 Å². The van der Waals surface area contributed by atoms with Crippen LogP contribution >= 0.6 is 0 Å². The van der Waals surface area contributed by atoms with Crippen LogP contribution in [0.3, 0.4) is 0 Å². The maximum Gasteiger partial charge on any atom is 0.307 e. The van der Waals surface area contributed by atoms with Gasteiger partial charge >= 0.3 is 5.97 Å². The second-order valence-corrected chi connectivity index (χ2v) is 4.45. The lowest BCUT2D eigenvalue weighted by atomic mass is 10.2. The average Bonchev–Trinajstić information content (AvgIpc) is 2.64. The molecule has 0 unspecified atom stereocenters. The maximum absolute atomic E-state index is 11.5. The number of ether oxygens (including phenoxy) is 1. The van der Waals surface area contributed by atoms with Crippen LogP contribution in [0.4, 0.5) is 0 Å². The van der Waals surface area contributed by atoms with Crippen molar-refractivity contribution in [2.75, 3.05) is 6.61 Å². The van der Waals surface area contributed by atoms with Crippen LogP contribution in [0.15, 0.2) is 10.9 Å². The predicted molar refractivity (Wildman–Crippen MR) is 64.8 cm³/mol. The summed E-state index contributed by atoms with van der Waals surface area (Å²) < 4.78 is 6.47. The van der Waals surface area contributed by atoms with E-state index < -0.39 is 0 Å². The number of rotatable bonds is 6. The van der Waals surface area contributed by atoms with E-state index in [0.717, 1.165) is 12.1 Å². The first-order valence-corrected chi connectivity index (χ1v) is 5.97. The third-order valence-corrected chi connectivity index (χ3v) is 2.34. The number of esters is 1. The number of nitrogens with one attached hydrogen (secondary N) is 1. The summed E-state index contributed by atoms with van der Waals surface area (Å²) in [5, 5.41) is 2.95. The lowest BCUT2D eigenvalue weighted by Crippen LogP contribution is -2.19. The predicted octanol–water partition coefficient (Wildman–Crippen LogP) is 1.33. The van der Waals surface area contributed by atoms with Gasteiger partial charge in [-0.05, 0) is 12.3 Å². The smallest absolute Gasteiger partial charge is 0.307 e. The minimum atomic E-state index is -0.266. The van der Waals surface area contributed by atoms with Gasteiger partial charge < -0.3 is 4.74 Å². The van der Waals surface area contributed by atoms with Gasteiger partial charge in [0.25, 0.3) is 5.56 Å². The van der Waals surface area contributed by atoms with Crippen molar-refractivity contribution in [2.24, 2.45) is 5.92 Å². The Hall–Kier alpha value is -1.52. The molecule has 0 radical (unpaired) electrons. The van der Waals surface area contributed by atoms with Gasteiger partial charge in [-0.3, -0.25) is 19.4 Å². The summed E-state index contributed by atoms with van der Waals surface area (Å²) in [4.78, 5) is 22.8. The Labute approximate surface area is 101 Å². The molecule has 0 aromatic carbocycles. The van der Waals surface area contributed by atoms with Gasteiger partial charge in [0.15, 0.2) is 0 Å². The van der Waals surface area contributed by atoms with Gasteiger partial charge in [0.1, 0.15) is 0 Å². The molecule has 0 aliphatic carbocycles. The Balaban J connectivity index is 2.42. The van der Waals surface area contributed by atoms with E-state index in [2.05, 4.69) is 5.10 Å². The largest absolute Gasteiger partial charge is 0.465 e. The third-order valence-electron chi connectivity index (χ3n) is 2.34. The topological polar surface area (TPSA) is 64.1 Å². The second-order valence-electron chi connectivity index (χ2n) is 4.45. The quantitative estimate of drug-likeness (QED) is 0.763. The van der Waals surface area contributed by atoms with Crippen molar-refractivity contribution in [1.29, 1.82) is 0 Å². The fourth-order valence-electron chi connectivity index (χ4n) is 1.37. The molecule has 1 aromatic heterocycles. The molecule has 0 amide bonds. The van der Waals surface area contributed by atoms with Crippen molar-refractivity contribution in [3.8, 4) is 0 Å². The van der Waals surface area contributed by atoms with E-state index in [-0.39, 0.29) is 17.9 Å². The molecule has 0 atom stereocenters. The summed E-state index contributed by atoms with van der Waals surface area (Å²) in [6.07, 6.45) is 0.996. The number of H-pyrrole nitrogens is 1. The summed E-state index contributed by atoms with van der Waals surface area (Å²) in [6.45, 7) is 6.70. The van der Waals surface area contributed by atoms with Gasteiger partial charge in [0.2, 0.25) is 0 Å². The lowest BCUT2D eigenvalue weighted by Gasteiger charge is -2.07. The molecule has 5 heteroatoms. The summed E-state index contributed by atoms with van der Waals surface area (Å²) in [6, 6.07) is 1.56. The van der Waals surface area contributed by atoms with Gasteiger partial charge in [-0.1, -0.05) is 20.8 Å². The summed E-state index contributed by atoms with van der Waals surface area (Å²) in [7, 11) is 0. The van der Waals surface area contributed by atoms with Crippen molar-refractivity contribution < 1.29 is 9.53 Å². The van der Waals surface area contributed by atoms with Crippen LogP contribution in [0.2, 0.25) is 0 Å². The normalized spacial score (nSPS) is 10.8. The summed E-state index contributed by atoms with van der Waals surface area (Å²) in [5.41, 5.74) is 0.782. The Morgan fingerprint density at radius 3 is 2.76 bits per heavy atom. The number of aromatic nitrogens is 2. The van der Waals surface area contributed by atoms with Gasteiger partial charge in [0.05, 0.1) is 19.6 Å². The summed E-state index contributed by atoms with van der Waals surface area (Å²) >= 11 is 0. The molecular weight excluding hydrogens is 220 g/mol. The van der Waals surface area contributed by atoms with E-state index in [0.29, 0.717) is 19.1 Å². The Morgan fingerprint density at radius 2 is 2.24 bits per heavy atom. The van der Waals surface area contributed by atoms with Crippen LogP contribution in [0.5, 0.6) is 0 Å². The molecule has 5 nitrogen and oxygen atoms in total. The molecule has 17 heavy (non-hydrogen) atoms. The molecule has 0 spiro atoms. The first-order chi connectivity index (χ1) is 8.02. The van der Waals surface area contributed by atoms with E-state index in [1.807, 2.05) is 20.8 Å². The Bertz CT molecular complexity index is 418. The van der Waals surface area contributed by atoms with Gasteiger partial charge in [0, 0.05) is 11.8 Å². The number of hydrogen-bond donors (Lipinski definition) is 1. The number of hydrogen-bond acceptors (Lipinski definition) is 3. The van der Waals surface area contributed by atoms with E-state index >= 15 is 0 Å². The number of carbonyl (C=O) groups is 1. The van der Waals surface area contributed by atoms with E-state index in [4.69, 9.17) is 4.74 Å². The van der Waals surface area contributed by atoms with E-state index in [1.54, 1.807) is 6.07 Å². The zero-order valence-corrected chi connectivity index (χ0v) is 10.7.